The second-order valence-corrected chi connectivity index (χ2v) is 4.25. The number of rotatable bonds is 1. The summed E-state index contributed by atoms with van der Waals surface area (Å²) < 4.78 is 44.5. The normalized spacial score (nSPS) is 12.0. The van der Waals surface area contributed by atoms with Crippen LogP contribution in [0.5, 0.6) is 0 Å². The number of aromatic nitrogens is 2. The lowest BCUT2D eigenvalue weighted by atomic mass is 10.1. The Labute approximate surface area is 114 Å². The summed E-state index contributed by atoms with van der Waals surface area (Å²) in [5.74, 6) is -0.153. The molecule has 2 aromatic heterocycles. The van der Waals surface area contributed by atoms with Crippen LogP contribution in [-0.2, 0) is 6.18 Å². The van der Waals surface area contributed by atoms with Gasteiger partial charge in [-0.3, -0.25) is 4.79 Å². The van der Waals surface area contributed by atoms with Crippen molar-refractivity contribution in [3.8, 4) is 5.88 Å². The van der Waals surface area contributed by atoms with Crippen LogP contribution < -0.4 is 11.2 Å². The maximum absolute atomic E-state index is 13.0. The van der Waals surface area contributed by atoms with Crippen molar-refractivity contribution in [2.24, 2.45) is 0 Å². The highest BCUT2D eigenvalue weighted by Gasteiger charge is 2.34. The fourth-order valence-electron chi connectivity index (χ4n) is 2.10. The Morgan fingerprint density at radius 2 is 1.86 bits per heavy atom. The first kappa shape index (κ1) is 13.2. The third-order valence-corrected chi connectivity index (χ3v) is 2.96. The van der Waals surface area contributed by atoms with Gasteiger partial charge in [0, 0.05) is 6.07 Å². The Bertz CT molecular complexity index is 920. The highest BCUT2D eigenvalue weighted by molar-refractivity contribution is 5.81. The van der Waals surface area contributed by atoms with E-state index in [1.54, 1.807) is 0 Å². The lowest BCUT2D eigenvalue weighted by Crippen LogP contribution is -2.34. The summed E-state index contributed by atoms with van der Waals surface area (Å²) >= 11 is 0. The number of furan rings is 1. The third kappa shape index (κ3) is 2.04. The fraction of sp³-hybridized carbons (Fsp3) is 0.0769. The molecule has 0 atom stereocenters. The molecule has 0 radical (unpaired) electrons. The molecular formula is C13H7F3N2O3. The number of nitrogens with zero attached hydrogens (tertiary/aromatic N) is 1. The van der Waals surface area contributed by atoms with Gasteiger partial charge in [0.1, 0.15) is 0 Å². The van der Waals surface area contributed by atoms with E-state index < -0.39 is 28.4 Å². The Balaban J connectivity index is 2.50. The van der Waals surface area contributed by atoms with Crippen molar-refractivity contribution >= 4 is 10.9 Å². The molecule has 0 saturated carbocycles. The van der Waals surface area contributed by atoms with Gasteiger partial charge in [0.2, 0.25) is 5.88 Å². The molecule has 0 aliphatic heterocycles. The second kappa shape index (κ2) is 4.37. The number of H-pyrrole nitrogens is 1. The van der Waals surface area contributed by atoms with Gasteiger partial charge in [-0.1, -0.05) is 6.07 Å². The zero-order chi connectivity index (χ0) is 15.2. The first-order chi connectivity index (χ1) is 9.89. The van der Waals surface area contributed by atoms with Gasteiger partial charge < -0.3 is 9.40 Å². The van der Waals surface area contributed by atoms with E-state index in [1.165, 1.54) is 24.5 Å². The maximum Gasteiger partial charge on any atom is 0.417 e. The molecule has 0 amide bonds. The number of aromatic amines is 1. The van der Waals surface area contributed by atoms with E-state index in [-0.39, 0.29) is 11.4 Å². The maximum atomic E-state index is 13.0. The summed E-state index contributed by atoms with van der Waals surface area (Å²) in [5.41, 5.74) is -3.25. The molecule has 0 aliphatic carbocycles. The lowest BCUT2D eigenvalue weighted by Gasteiger charge is -2.10. The highest BCUT2D eigenvalue weighted by Crippen LogP contribution is 2.32. The van der Waals surface area contributed by atoms with E-state index in [1.807, 2.05) is 0 Å². The van der Waals surface area contributed by atoms with Crippen LogP contribution >= 0.6 is 0 Å². The van der Waals surface area contributed by atoms with Gasteiger partial charge in [-0.15, -0.1) is 0 Å². The smallest absolute Gasteiger partial charge is 0.417 e. The molecule has 0 bridgehead atoms. The average Bonchev–Trinajstić information content (AvgIpc) is 2.90. The fourth-order valence-corrected chi connectivity index (χ4v) is 2.10. The zero-order valence-corrected chi connectivity index (χ0v) is 10.3. The number of halogens is 3. The summed E-state index contributed by atoms with van der Waals surface area (Å²) in [7, 11) is 0. The molecule has 21 heavy (non-hydrogen) atoms. The van der Waals surface area contributed by atoms with Crippen LogP contribution in [-0.4, -0.2) is 9.55 Å². The molecule has 0 saturated heterocycles. The summed E-state index contributed by atoms with van der Waals surface area (Å²) in [4.78, 5) is 26.4. The van der Waals surface area contributed by atoms with Crippen molar-refractivity contribution in [1.82, 2.24) is 9.55 Å². The van der Waals surface area contributed by atoms with Gasteiger partial charge in [-0.25, -0.2) is 4.79 Å². The molecule has 3 aromatic rings. The van der Waals surface area contributed by atoms with Crippen molar-refractivity contribution in [3.05, 3.63) is 63.0 Å². The molecule has 0 spiro atoms. The predicted molar refractivity (Wildman–Crippen MR) is 67.4 cm³/mol. The van der Waals surface area contributed by atoms with E-state index in [0.717, 1.165) is 12.1 Å². The van der Waals surface area contributed by atoms with Crippen molar-refractivity contribution < 1.29 is 17.6 Å². The predicted octanol–water partition coefficient (Wildman–Crippen LogP) is 2.29. The highest BCUT2D eigenvalue weighted by atomic mass is 19.4. The Morgan fingerprint density at radius 1 is 1.10 bits per heavy atom. The first-order valence-corrected chi connectivity index (χ1v) is 5.79. The zero-order valence-electron chi connectivity index (χ0n) is 10.3. The van der Waals surface area contributed by atoms with Crippen molar-refractivity contribution in [2.45, 2.75) is 6.18 Å². The summed E-state index contributed by atoms with van der Waals surface area (Å²) in [6.45, 7) is 0. The van der Waals surface area contributed by atoms with Crippen molar-refractivity contribution in [2.75, 3.05) is 0 Å². The Morgan fingerprint density at radius 3 is 2.48 bits per heavy atom. The summed E-state index contributed by atoms with van der Waals surface area (Å²) in [5, 5.41) is -0.610. The van der Waals surface area contributed by atoms with Crippen LogP contribution in [0.1, 0.15) is 5.56 Å². The Hall–Kier alpha value is -2.77. The van der Waals surface area contributed by atoms with Gasteiger partial charge in [0.25, 0.3) is 5.56 Å². The average molecular weight is 296 g/mol. The number of alkyl halides is 3. The molecule has 5 nitrogen and oxygen atoms in total. The molecule has 1 aromatic carbocycles. The van der Waals surface area contributed by atoms with Gasteiger partial charge in [0.15, 0.2) is 0 Å². The van der Waals surface area contributed by atoms with Crippen LogP contribution in [0.25, 0.3) is 16.8 Å². The van der Waals surface area contributed by atoms with E-state index in [9.17, 15) is 22.8 Å². The van der Waals surface area contributed by atoms with Crippen LogP contribution in [0.2, 0.25) is 0 Å². The Kier molecular flexibility index (Phi) is 2.75. The molecule has 0 unspecified atom stereocenters. The molecule has 0 fully saturated rings. The molecule has 2 heterocycles. The van der Waals surface area contributed by atoms with Crippen LogP contribution in [0, 0.1) is 0 Å². The summed E-state index contributed by atoms with van der Waals surface area (Å²) in [6.07, 6.45) is -3.50. The largest absolute Gasteiger partial charge is 0.448 e. The van der Waals surface area contributed by atoms with Crippen molar-refractivity contribution in [1.29, 1.82) is 0 Å². The number of nitrogens with one attached hydrogen (secondary N) is 1. The van der Waals surface area contributed by atoms with Gasteiger partial charge in [0.05, 0.1) is 22.7 Å². The van der Waals surface area contributed by atoms with Crippen LogP contribution in [0.15, 0.2) is 50.6 Å². The van der Waals surface area contributed by atoms with E-state index in [4.69, 9.17) is 4.42 Å². The monoisotopic (exact) mass is 296 g/mol. The van der Waals surface area contributed by atoms with Crippen LogP contribution in [0.3, 0.4) is 0 Å². The van der Waals surface area contributed by atoms with E-state index >= 15 is 0 Å². The SMILES string of the molecule is O=c1[nH]c2cccc(C(F)(F)F)c2c(=O)n1-c1ccco1. The molecule has 108 valence electrons. The minimum Gasteiger partial charge on any atom is -0.448 e. The molecule has 3 rings (SSSR count). The molecule has 8 heteroatoms. The topological polar surface area (TPSA) is 68.0 Å². The molecular weight excluding hydrogens is 289 g/mol. The van der Waals surface area contributed by atoms with Crippen molar-refractivity contribution in [3.63, 3.8) is 0 Å². The summed E-state index contributed by atoms with van der Waals surface area (Å²) in [6, 6.07) is 5.87. The van der Waals surface area contributed by atoms with E-state index in [0.29, 0.717) is 4.57 Å². The number of benzene rings is 1. The standard InChI is InChI=1S/C13H7F3N2O3/c14-13(15,16)7-3-1-4-8-10(7)11(19)18(12(20)17-8)9-5-2-6-21-9/h1-6H,(H,17,20). The minimum atomic E-state index is -4.71. The quantitative estimate of drug-likeness (QED) is 0.749. The number of hydrogen-bond acceptors (Lipinski definition) is 3. The minimum absolute atomic E-state index is 0.153. The number of fused-ring (bicyclic) bond motifs is 1. The number of hydrogen-bond donors (Lipinski definition) is 1. The second-order valence-electron chi connectivity index (χ2n) is 4.25. The van der Waals surface area contributed by atoms with Gasteiger partial charge in [-0.2, -0.15) is 17.7 Å². The van der Waals surface area contributed by atoms with Gasteiger partial charge in [-0.05, 0) is 18.2 Å². The van der Waals surface area contributed by atoms with Crippen LogP contribution in [0.4, 0.5) is 13.2 Å². The van der Waals surface area contributed by atoms with E-state index in [2.05, 4.69) is 4.98 Å². The first-order valence-electron chi connectivity index (χ1n) is 5.79. The molecule has 1 N–H and O–H groups in total. The van der Waals surface area contributed by atoms with Gasteiger partial charge >= 0.3 is 11.9 Å². The lowest BCUT2D eigenvalue weighted by molar-refractivity contribution is -0.136. The third-order valence-electron chi connectivity index (χ3n) is 2.96. The molecule has 0 aliphatic rings.